The highest BCUT2D eigenvalue weighted by Gasteiger charge is 2.37. The first kappa shape index (κ1) is 14.9. The first-order chi connectivity index (χ1) is 10.1. The Morgan fingerprint density at radius 2 is 2.00 bits per heavy atom. The molecule has 0 saturated heterocycles. The van der Waals surface area contributed by atoms with Crippen LogP contribution >= 0.6 is 11.6 Å². The van der Waals surface area contributed by atoms with Crippen molar-refractivity contribution in [2.24, 2.45) is 5.73 Å². The summed E-state index contributed by atoms with van der Waals surface area (Å²) in [5.41, 5.74) is 8.41. The van der Waals surface area contributed by atoms with E-state index in [1.807, 2.05) is 18.2 Å². The first-order valence-corrected chi connectivity index (χ1v) is 8.33. The van der Waals surface area contributed by atoms with E-state index in [2.05, 4.69) is 18.4 Å². The molecule has 1 heterocycles. The molecule has 3 rings (SSSR count). The Bertz CT molecular complexity index is 639. The highest BCUT2D eigenvalue weighted by molar-refractivity contribution is 6.31. The lowest BCUT2D eigenvalue weighted by molar-refractivity contribution is 0.274. The van der Waals surface area contributed by atoms with E-state index >= 15 is 0 Å². The Morgan fingerprint density at radius 1 is 1.29 bits per heavy atom. The molecule has 0 bridgehead atoms. The summed E-state index contributed by atoms with van der Waals surface area (Å²) >= 11 is 6.19. The Morgan fingerprint density at radius 3 is 2.62 bits per heavy atom. The Kier molecular flexibility index (Phi) is 3.98. The number of fused-ring (bicyclic) bond motifs is 1. The van der Waals surface area contributed by atoms with Crippen molar-refractivity contribution in [1.29, 1.82) is 0 Å². The van der Waals surface area contributed by atoms with E-state index < -0.39 is 0 Å². The summed E-state index contributed by atoms with van der Waals surface area (Å²) in [6.45, 7) is 5.09. The monoisotopic (exact) mass is 305 g/mol. The maximum absolute atomic E-state index is 6.21. The molecule has 4 heteroatoms. The molecule has 0 atom stereocenters. The van der Waals surface area contributed by atoms with Crippen LogP contribution in [0.25, 0.3) is 11.0 Å². The van der Waals surface area contributed by atoms with Crippen LogP contribution in [0.4, 0.5) is 0 Å². The lowest BCUT2D eigenvalue weighted by atomic mass is 9.73. The summed E-state index contributed by atoms with van der Waals surface area (Å²) in [7, 11) is 0. The van der Waals surface area contributed by atoms with Crippen LogP contribution in [0, 0.1) is 0 Å². The van der Waals surface area contributed by atoms with Gasteiger partial charge >= 0.3 is 0 Å². The third-order valence-electron chi connectivity index (χ3n) is 4.84. The molecule has 0 radical (unpaired) electrons. The molecule has 2 aromatic rings. The van der Waals surface area contributed by atoms with Gasteiger partial charge in [0.1, 0.15) is 5.82 Å². The molecule has 1 fully saturated rings. The summed E-state index contributed by atoms with van der Waals surface area (Å²) in [6, 6.07) is 6.32. The predicted molar refractivity (Wildman–Crippen MR) is 88.9 cm³/mol. The minimum atomic E-state index is 0.0357. The number of hydrogen-bond acceptors (Lipinski definition) is 2. The van der Waals surface area contributed by atoms with Crippen molar-refractivity contribution in [3.05, 3.63) is 29.0 Å². The second-order valence-electron chi connectivity index (χ2n) is 6.58. The van der Waals surface area contributed by atoms with Crippen molar-refractivity contribution in [3.8, 4) is 0 Å². The van der Waals surface area contributed by atoms with Crippen molar-refractivity contribution < 1.29 is 0 Å². The first-order valence-electron chi connectivity index (χ1n) is 7.95. The van der Waals surface area contributed by atoms with Crippen molar-refractivity contribution in [2.45, 2.75) is 57.4 Å². The Balaban J connectivity index is 2.23. The van der Waals surface area contributed by atoms with Crippen LogP contribution in [0.15, 0.2) is 18.2 Å². The van der Waals surface area contributed by atoms with Crippen LogP contribution in [-0.4, -0.2) is 16.1 Å². The van der Waals surface area contributed by atoms with E-state index in [4.69, 9.17) is 22.3 Å². The summed E-state index contributed by atoms with van der Waals surface area (Å²) in [5, 5.41) is 0.765. The zero-order chi connectivity index (χ0) is 15.0. The molecule has 0 aliphatic heterocycles. The summed E-state index contributed by atoms with van der Waals surface area (Å²) in [4.78, 5) is 4.97. The van der Waals surface area contributed by atoms with E-state index in [-0.39, 0.29) is 5.41 Å². The molecular formula is C17H24ClN3. The fourth-order valence-corrected chi connectivity index (χ4v) is 3.88. The third kappa shape index (κ3) is 2.47. The van der Waals surface area contributed by atoms with E-state index in [9.17, 15) is 0 Å². The molecule has 1 aliphatic rings. The molecule has 1 aliphatic carbocycles. The number of rotatable bonds is 3. The SMILES string of the molecule is CC(C)n1c(C2(CN)CCCCC2)nc2ccc(Cl)cc21. The fraction of sp³-hybridized carbons (Fsp3) is 0.588. The molecule has 1 aromatic carbocycles. The average molecular weight is 306 g/mol. The van der Waals surface area contributed by atoms with Gasteiger partial charge in [0.15, 0.2) is 0 Å². The average Bonchev–Trinajstić information content (AvgIpc) is 2.87. The van der Waals surface area contributed by atoms with Gasteiger partial charge in [-0.25, -0.2) is 4.98 Å². The highest BCUT2D eigenvalue weighted by atomic mass is 35.5. The van der Waals surface area contributed by atoms with Gasteiger partial charge < -0.3 is 10.3 Å². The van der Waals surface area contributed by atoms with E-state index in [1.54, 1.807) is 0 Å². The molecular weight excluding hydrogens is 282 g/mol. The van der Waals surface area contributed by atoms with Crippen LogP contribution < -0.4 is 5.73 Å². The molecule has 0 spiro atoms. The molecule has 21 heavy (non-hydrogen) atoms. The van der Waals surface area contributed by atoms with Gasteiger partial charge in [0.05, 0.1) is 11.0 Å². The second-order valence-corrected chi connectivity index (χ2v) is 7.01. The van der Waals surface area contributed by atoms with Gasteiger partial charge in [-0.15, -0.1) is 0 Å². The van der Waals surface area contributed by atoms with E-state index in [1.165, 1.54) is 19.3 Å². The van der Waals surface area contributed by atoms with Crippen LogP contribution in [0.2, 0.25) is 5.02 Å². The standard InChI is InChI=1S/C17H24ClN3/c1-12(2)21-15-10-13(18)6-7-14(15)20-16(21)17(11-19)8-4-3-5-9-17/h6-7,10,12H,3-5,8-9,11,19H2,1-2H3. The zero-order valence-corrected chi connectivity index (χ0v) is 13.7. The van der Waals surface area contributed by atoms with E-state index in [0.29, 0.717) is 12.6 Å². The lowest BCUT2D eigenvalue weighted by Gasteiger charge is -2.36. The van der Waals surface area contributed by atoms with Crippen molar-refractivity contribution >= 4 is 22.6 Å². The lowest BCUT2D eigenvalue weighted by Crippen LogP contribution is -2.40. The van der Waals surface area contributed by atoms with Gasteiger partial charge in [-0.2, -0.15) is 0 Å². The maximum atomic E-state index is 6.21. The summed E-state index contributed by atoms with van der Waals surface area (Å²) in [6.07, 6.45) is 6.11. The second kappa shape index (κ2) is 5.62. The quantitative estimate of drug-likeness (QED) is 0.911. The molecule has 3 nitrogen and oxygen atoms in total. The molecule has 1 aromatic heterocycles. The topological polar surface area (TPSA) is 43.8 Å². The summed E-state index contributed by atoms with van der Waals surface area (Å²) in [5.74, 6) is 1.16. The van der Waals surface area contributed by atoms with Crippen molar-refractivity contribution in [1.82, 2.24) is 9.55 Å². The van der Waals surface area contributed by atoms with Crippen LogP contribution in [0.3, 0.4) is 0 Å². The van der Waals surface area contributed by atoms with Crippen molar-refractivity contribution in [2.75, 3.05) is 6.54 Å². The molecule has 0 amide bonds. The number of hydrogen-bond donors (Lipinski definition) is 1. The number of imidazole rings is 1. The Labute approximate surface area is 131 Å². The predicted octanol–water partition coefficient (Wildman–Crippen LogP) is 4.43. The third-order valence-corrected chi connectivity index (χ3v) is 5.08. The van der Waals surface area contributed by atoms with Gasteiger partial charge in [0.2, 0.25) is 0 Å². The van der Waals surface area contributed by atoms with Gasteiger partial charge in [-0.05, 0) is 44.9 Å². The molecule has 1 saturated carbocycles. The maximum Gasteiger partial charge on any atom is 0.117 e. The van der Waals surface area contributed by atoms with Gasteiger partial charge in [-0.3, -0.25) is 0 Å². The number of nitrogens with two attached hydrogens (primary N) is 1. The number of halogens is 1. The van der Waals surface area contributed by atoms with Crippen molar-refractivity contribution in [3.63, 3.8) is 0 Å². The number of benzene rings is 1. The minimum absolute atomic E-state index is 0.0357. The highest BCUT2D eigenvalue weighted by Crippen LogP contribution is 2.40. The van der Waals surface area contributed by atoms with E-state index in [0.717, 1.165) is 34.7 Å². The van der Waals surface area contributed by atoms with Gasteiger partial charge in [-0.1, -0.05) is 30.9 Å². The molecule has 114 valence electrons. The van der Waals surface area contributed by atoms with Gasteiger partial charge in [0, 0.05) is 23.0 Å². The molecule has 2 N–H and O–H groups in total. The van der Waals surface area contributed by atoms with Crippen LogP contribution in [0.1, 0.15) is 57.8 Å². The van der Waals surface area contributed by atoms with Gasteiger partial charge in [0.25, 0.3) is 0 Å². The number of aromatic nitrogens is 2. The Hall–Kier alpha value is -1.06. The van der Waals surface area contributed by atoms with Crippen LogP contribution in [-0.2, 0) is 5.41 Å². The minimum Gasteiger partial charge on any atom is -0.329 e. The smallest absolute Gasteiger partial charge is 0.117 e. The normalized spacial score (nSPS) is 18.5. The summed E-state index contributed by atoms with van der Waals surface area (Å²) < 4.78 is 2.35. The largest absolute Gasteiger partial charge is 0.329 e. The molecule has 0 unspecified atom stereocenters. The number of nitrogens with zero attached hydrogens (tertiary/aromatic N) is 2. The fourth-order valence-electron chi connectivity index (χ4n) is 3.71. The van der Waals surface area contributed by atoms with Crippen LogP contribution in [0.5, 0.6) is 0 Å². The zero-order valence-electron chi connectivity index (χ0n) is 12.9.